The molecule has 0 N–H and O–H groups in total. The van der Waals surface area contributed by atoms with Crippen molar-refractivity contribution in [3.05, 3.63) is 39.3 Å². The van der Waals surface area contributed by atoms with Crippen LogP contribution < -0.4 is 5.56 Å². The molecule has 0 saturated carbocycles. The van der Waals surface area contributed by atoms with Gasteiger partial charge in [0.15, 0.2) is 0 Å². The van der Waals surface area contributed by atoms with Gasteiger partial charge in [0.05, 0.1) is 11.7 Å². The van der Waals surface area contributed by atoms with Crippen molar-refractivity contribution >= 4 is 33.2 Å². The van der Waals surface area contributed by atoms with Crippen LogP contribution in [0.15, 0.2) is 23.3 Å². The molecule has 0 aliphatic heterocycles. The van der Waals surface area contributed by atoms with E-state index in [2.05, 4.69) is 11.6 Å². The number of rotatable bonds is 3. The molecule has 0 amide bonds. The van der Waals surface area contributed by atoms with E-state index in [1.54, 1.807) is 22.2 Å². The lowest BCUT2D eigenvalue weighted by Gasteiger charge is -2.05. The highest BCUT2D eigenvalue weighted by molar-refractivity contribution is 7.18. The largest absolute Gasteiger partial charge is 0.294 e. The molecule has 0 fully saturated rings. The Balaban J connectivity index is 2.61. The standard InChI is InChI=1S/C12H13ClN2OS/c1-7(4-13)5-15-6-14-11-10(12(15)16)8(2)9(3)17-11/h6H,1,4-5H2,2-3H3. The number of aromatic nitrogens is 2. The van der Waals surface area contributed by atoms with Crippen molar-refractivity contribution in [2.45, 2.75) is 20.4 Å². The summed E-state index contributed by atoms with van der Waals surface area (Å²) in [5.41, 5.74) is 1.82. The Labute approximate surface area is 108 Å². The average molecular weight is 269 g/mol. The molecule has 0 bridgehead atoms. The van der Waals surface area contributed by atoms with Crippen molar-refractivity contribution in [1.29, 1.82) is 0 Å². The first-order chi connectivity index (χ1) is 8.04. The molecule has 0 saturated heterocycles. The molecule has 3 nitrogen and oxygen atoms in total. The van der Waals surface area contributed by atoms with Gasteiger partial charge in [-0.2, -0.15) is 0 Å². The number of alkyl halides is 1. The minimum atomic E-state index is -0.0110. The Morgan fingerprint density at radius 1 is 1.59 bits per heavy atom. The second-order valence-corrected chi connectivity index (χ2v) is 5.50. The number of halogens is 1. The molecule has 90 valence electrons. The summed E-state index contributed by atoms with van der Waals surface area (Å²) in [6.45, 7) is 8.19. The van der Waals surface area contributed by atoms with Crippen molar-refractivity contribution in [1.82, 2.24) is 9.55 Å². The fourth-order valence-corrected chi connectivity index (χ4v) is 2.74. The lowest BCUT2D eigenvalue weighted by Crippen LogP contribution is -2.21. The van der Waals surface area contributed by atoms with Crippen molar-refractivity contribution < 1.29 is 0 Å². The normalized spacial score (nSPS) is 11.0. The fourth-order valence-electron chi connectivity index (χ4n) is 1.67. The Morgan fingerprint density at radius 2 is 2.29 bits per heavy atom. The summed E-state index contributed by atoms with van der Waals surface area (Å²) in [5, 5.41) is 0.720. The Bertz CT molecular complexity index is 642. The third-order valence-corrected chi connectivity index (χ3v) is 4.23. The van der Waals surface area contributed by atoms with E-state index in [9.17, 15) is 4.79 Å². The van der Waals surface area contributed by atoms with Gasteiger partial charge in [-0.15, -0.1) is 22.9 Å². The summed E-state index contributed by atoms with van der Waals surface area (Å²) in [6.07, 6.45) is 1.57. The zero-order valence-electron chi connectivity index (χ0n) is 9.79. The number of aryl methyl sites for hydroxylation is 2. The third-order valence-electron chi connectivity index (χ3n) is 2.74. The molecular formula is C12H13ClN2OS. The van der Waals surface area contributed by atoms with E-state index < -0.39 is 0 Å². The van der Waals surface area contributed by atoms with E-state index in [0.29, 0.717) is 12.4 Å². The number of hydrogen-bond acceptors (Lipinski definition) is 3. The topological polar surface area (TPSA) is 34.9 Å². The third kappa shape index (κ3) is 2.15. The molecule has 2 heterocycles. The van der Waals surface area contributed by atoms with Crippen LogP contribution in [-0.2, 0) is 6.54 Å². The van der Waals surface area contributed by atoms with Gasteiger partial charge >= 0.3 is 0 Å². The van der Waals surface area contributed by atoms with Crippen LogP contribution in [0.4, 0.5) is 0 Å². The summed E-state index contributed by atoms with van der Waals surface area (Å²) in [7, 11) is 0. The first kappa shape index (κ1) is 12.3. The van der Waals surface area contributed by atoms with Gasteiger partial charge in [-0.1, -0.05) is 6.58 Å². The summed E-state index contributed by atoms with van der Waals surface area (Å²) in [5.74, 6) is 0.353. The van der Waals surface area contributed by atoms with Gasteiger partial charge in [0.25, 0.3) is 5.56 Å². The van der Waals surface area contributed by atoms with Crippen LogP contribution in [0.25, 0.3) is 10.2 Å². The van der Waals surface area contributed by atoms with Crippen molar-refractivity contribution in [3.63, 3.8) is 0 Å². The summed E-state index contributed by atoms with van der Waals surface area (Å²) in [4.78, 5) is 18.5. The average Bonchev–Trinajstić information content (AvgIpc) is 2.59. The lowest BCUT2D eigenvalue weighted by molar-refractivity contribution is 0.740. The monoisotopic (exact) mass is 268 g/mol. The maximum absolute atomic E-state index is 12.3. The highest BCUT2D eigenvalue weighted by atomic mass is 35.5. The summed E-state index contributed by atoms with van der Waals surface area (Å²) >= 11 is 7.23. The molecule has 2 aromatic rings. The molecule has 17 heavy (non-hydrogen) atoms. The number of fused-ring (bicyclic) bond motifs is 1. The second kappa shape index (κ2) is 4.63. The quantitative estimate of drug-likeness (QED) is 0.634. The molecule has 0 atom stereocenters. The SMILES string of the molecule is C=C(CCl)Cn1cnc2sc(C)c(C)c2c1=O. The van der Waals surface area contributed by atoms with Crippen molar-refractivity contribution in [2.24, 2.45) is 0 Å². The first-order valence-electron chi connectivity index (χ1n) is 5.22. The van der Waals surface area contributed by atoms with Crippen LogP contribution in [0.3, 0.4) is 0 Å². The van der Waals surface area contributed by atoms with Crippen molar-refractivity contribution in [3.8, 4) is 0 Å². The molecule has 2 aromatic heterocycles. The molecule has 0 spiro atoms. The van der Waals surface area contributed by atoms with E-state index in [1.807, 2.05) is 13.8 Å². The molecule has 0 aromatic carbocycles. The lowest BCUT2D eigenvalue weighted by atomic mass is 10.2. The van der Waals surface area contributed by atoms with Gasteiger partial charge in [-0.25, -0.2) is 4.98 Å². The zero-order valence-corrected chi connectivity index (χ0v) is 11.4. The fraction of sp³-hybridized carbons (Fsp3) is 0.333. The van der Waals surface area contributed by atoms with Crippen LogP contribution in [0.5, 0.6) is 0 Å². The first-order valence-corrected chi connectivity index (χ1v) is 6.57. The summed E-state index contributed by atoms with van der Waals surface area (Å²) in [6, 6.07) is 0. The number of hydrogen-bond donors (Lipinski definition) is 0. The van der Waals surface area contributed by atoms with E-state index in [4.69, 9.17) is 11.6 Å². The minimum Gasteiger partial charge on any atom is -0.294 e. The Hall–Kier alpha value is -1.13. The molecule has 2 rings (SSSR count). The van der Waals surface area contributed by atoms with Crippen LogP contribution in [0.1, 0.15) is 10.4 Å². The maximum atomic E-state index is 12.3. The highest BCUT2D eigenvalue weighted by Gasteiger charge is 2.12. The van der Waals surface area contributed by atoms with Gasteiger partial charge in [0.1, 0.15) is 4.83 Å². The maximum Gasteiger partial charge on any atom is 0.262 e. The van der Waals surface area contributed by atoms with Gasteiger partial charge < -0.3 is 0 Å². The minimum absolute atomic E-state index is 0.0110. The highest BCUT2D eigenvalue weighted by Crippen LogP contribution is 2.25. The molecule has 0 aliphatic rings. The number of allylic oxidation sites excluding steroid dienone is 1. The van der Waals surface area contributed by atoms with Crippen LogP contribution >= 0.6 is 22.9 Å². The summed E-state index contributed by atoms with van der Waals surface area (Å²) < 4.78 is 1.56. The van der Waals surface area contributed by atoms with E-state index >= 15 is 0 Å². The Kier molecular flexibility index (Phi) is 3.35. The Morgan fingerprint density at radius 3 is 2.94 bits per heavy atom. The molecule has 0 radical (unpaired) electrons. The predicted molar refractivity (Wildman–Crippen MR) is 73.2 cm³/mol. The van der Waals surface area contributed by atoms with Crippen molar-refractivity contribution in [2.75, 3.05) is 5.88 Å². The van der Waals surface area contributed by atoms with Gasteiger partial charge in [0.2, 0.25) is 0 Å². The molecule has 0 aliphatic carbocycles. The van der Waals surface area contributed by atoms with E-state index in [1.165, 1.54) is 0 Å². The smallest absolute Gasteiger partial charge is 0.262 e. The number of nitrogens with zero attached hydrogens (tertiary/aromatic N) is 2. The van der Waals surface area contributed by atoms with E-state index in [0.717, 1.165) is 26.2 Å². The second-order valence-electron chi connectivity index (χ2n) is 4.02. The molecular weight excluding hydrogens is 256 g/mol. The number of thiophene rings is 1. The van der Waals surface area contributed by atoms with Crippen LogP contribution in [0, 0.1) is 13.8 Å². The van der Waals surface area contributed by atoms with Gasteiger partial charge in [-0.3, -0.25) is 9.36 Å². The molecule has 5 heteroatoms. The molecule has 0 unspecified atom stereocenters. The van der Waals surface area contributed by atoms with E-state index in [-0.39, 0.29) is 5.56 Å². The predicted octanol–water partition coefficient (Wildman–Crippen LogP) is 2.87. The zero-order chi connectivity index (χ0) is 12.6. The van der Waals surface area contributed by atoms with Gasteiger partial charge in [0, 0.05) is 17.3 Å². The van der Waals surface area contributed by atoms with Gasteiger partial charge in [-0.05, 0) is 25.0 Å². The van der Waals surface area contributed by atoms with Crippen LogP contribution in [0.2, 0.25) is 0 Å². The van der Waals surface area contributed by atoms with Crippen LogP contribution in [-0.4, -0.2) is 15.4 Å².